The number of alkyl halides is 2. The summed E-state index contributed by atoms with van der Waals surface area (Å²) in [6, 6.07) is -0.228. The molecule has 1 aliphatic heterocycles. The first-order valence-electron chi connectivity index (χ1n) is 7.93. The summed E-state index contributed by atoms with van der Waals surface area (Å²) in [4.78, 5) is 2.66. The van der Waals surface area contributed by atoms with Gasteiger partial charge in [0.1, 0.15) is 0 Å². The average Bonchev–Trinajstić information content (AvgIpc) is 2.63. The summed E-state index contributed by atoms with van der Waals surface area (Å²) in [7, 11) is 3.10. The summed E-state index contributed by atoms with van der Waals surface area (Å²) in [5.74, 6) is 0. The van der Waals surface area contributed by atoms with Crippen LogP contribution in [0.3, 0.4) is 0 Å². The fraction of sp³-hybridized carbons (Fsp3) is 1.00. The standard InChI is InChI=1S/C15H30F2N2O2/c1-5-7-13-14(8-6-2)19(10-12-21-4)15(16,17)18(13)9-11-20-3/h13-14H,5-12H2,1-4H3. The van der Waals surface area contributed by atoms with E-state index in [1.54, 1.807) is 14.2 Å². The summed E-state index contributed by atoms with van der Waals surface area (Å²) >= 11 is 0. The highest BCUT2D eigenvalue weighted by Crippen LogP contribution is 2.41. The van der Waals surface area contributed by atoms with E-state index in [-0.39, 0.29) is 25.2 Å². The van der Waals surface area contributed by atoms with Crippen molar-refractivity contribution in [3.05, 3.63) is 0 Å². The Kier molecular flexibility index (Phi) is 8.02. The molecule has 1 rings (SSSR count). The average molecular weight is 308 g/mol. The van der Waals surface area contributed by atoms with Gasteiger partial charge in [0, 0.05) is 39.4 Å². The highest BCUT2D eigenvalue weighted by Gasteiger charge is 2.57. The lowest BCUT2D eigenvalue weighted by atomic mass is 9.99. The molecule has 21 heavy (non-hydrogen) atoms. The molecular weight excluding hydrogens is 278 g/mol. The maximum absolute atomic E-state index is 14.8. The Morgan fingerprint density at radius 2 is 1.24 bits per heavy atom. The number of hydrogen-bond acceptors (Lipinski definition) is 4. The Balaban J connectivity index is 2.97. The number of rotatable bonds is 10. The van der Waals surface area contributed by atoms with Gasteiger partial charge in [0.15, 0.2) is 0 Å². The zero-order valence-corrected chi connectivity index (χ0v) is 13.8. The number of halogens is 2. The van der Waals surface area contributed by atoms with Gasteiger partial charge in [0.25, 0.3) is 0 Å². The zero-order valence-electron chi connectivity index (χ0n) is 13.8. The van der Waals surface area contributed by atoms with Crippen LogP contribution >= 0.6 is 0 Å². The van der Waals surface area contributed by atoms with Crippen LogP contribution in [0.15, 0.2) is 0 Å². The molecule has 0 amide bonds. The van der Waals surface area contributed by atoms with Gasteiger partial charge < -0.3 is 9.47 Å². The summed E-state index contributed by atoms with van der Waals surface area (Å²) in [5, 5.41) is 0. The van der Waals surface area contributed by atoms with E-state index in [0.717, 1.165) is 25.7 Å². The van der Waals surface area contributed by atoms with E-state index >= 15 is 0 Å². The number of methoxy groups -OCH3 is 2. The second-order valence-electron chi connectivity index (χ2n) is 5.59. The molecule has 0 radical (unpaired) electrons. The molecule has 6 heteroatoms. The summed E-state index contributed by atoms with van der Waals surface area (Å²) in [5.41, 5.74) is 0. The third kappa shape index (κ3) is 4.34. The molecule has 0 aromatic rings. The zero-order chi connectivity index (χ0) is 15.9. The van der Waals surface area contributed by atoms with Gasteiger partial charge in [0.05, 0.1) is 13.2 Å². The Labute approximate surface area is 127 Å². The fourth-order valence-electron chi connectivity index (χ4n) is 3.25. The van der Waals surface area contributed by atoms with Gasteiger partial charge in [-0.15, -0.1) is 0 Å². The fourth-order valence-corrected chi connectivity index (χ4v) is 3.25. The SMILES string of the molecule is CCCC1C(CCC)N(CCOC)C(F)(F)N1CCOC. The largest absolute Gasteiger partial charge is 0.383 e. The van der Waals surface area contributed by atoms with E-state index < -0.39 is 6.17 Å². The lowest BCUT2D eigenvalue weighted by molar-refractivity contribution is -0.223. The molecule has 1 saturated heterocycles. The minimum Gasteiger partial charge on any atom is -0.383 e. The normalized spacial score (nSPS) is 26.6. The van der Waals surface area contributed by atoms with Gasteiger partial charge in [-0.05, 0) is 12.8 Å². The molecule has 2 unspecified atom stereocenters. The summed E-state index contributed by atoms with van der Waals surface area (Å²) in [6.07, 6.45) is 0.461. The van der Waals surface area contributed by atoms with E-state index in [1.807, 2.05) is 13.8 Å². The van der Waals surface area contributed by atoms with E-state index in [1.165, 1.54) is 9.80 Å². The van der Waals surface area contributed by atoms with Gasteiger partial charge >= 0.3 is 6.17 Å². The molecule has 0 saturated carbocycles. The highest BCUT2D eigenvalue weighted by atomic mass is 19.3. The van der Waals surface area contributed by atoms with E-state index in [9.17, 15) is 8.78 Å². The minimum atomic E-state index is -2.92. The first-order valence-corrected chi connectivity index (χ1v) is 7.93. The molecule has 2 atom stereocenters. The lowest BCUT2D eigenvalue weighted by Crippen LogP contribution is -2.49. The van der Waals surface area contributed by atoms with Crippen molar-refractivity contribution < 1.29 is 18.3 Å². The van der Waals surface area contributed by atoms with Crippen molar-refractivity contribution >= 4 is 0 Å². The molecule has 126 valence electrons. The lowest BCUT2D eigenvalue weighted by Gasteiger charge is -2.31. The Morgan fingerprint density at radius 1 is 0.857 bits per heavy atom. The minimum absolute atomic E-state index is 0.114. The van der Waals surface area contributed by atoms with Crippen LogP contribution in [-0.2, 0) is 9.47 Å². The molecule has 0 aromatic heterocycles. The van der Waals surface area contributed by atoms with Crippen LogP contribution in [0.1, 0.15) is 39.5 Å². The van der Waals surface area contributed by atoms with Crippen molar-refractivity contribution in [3.8, 4) is 0 Å². The number of hydrogen-bond donors (Lipinski definition) is 0. The first-order chi connectivity index (χ1) is 10.0. The Hall–Kier alpha value is -0.300. The summed E-state index contributed by atoms with van der Waals surface area (Å²) < 4.78 is 39.6. The van der Waals surface area contributed by atoms with Gasteiger partial charge in [-0.1, -0.05) is 26.7 Å². The second kappa shape index (κ2) is 8.98. The van der Waals surface area contributed by atoms with Crippen molar-refractivity contribution in [1.82, 2.24) is 9.80 Å². The Morgan fingerprint density at radius 3 is 1.52 bits per heavy atom. The third-order valence-corrected chi connectivity index (χ3v) is 4.18. The number of ether oxygens (including phenoxy) is 2. The van der Waals surface area contributed by atoms with Crippen LogP contribution in [0.25, 0.3) is 0 Å². The first kappa shape index (κ1) is 18.7. The monoisotopic (exact) mass is 308 g/mol. The molecule has 0 aliphatic carbocycles. The van der Waals surface area contributed by atoms with Crippen molar-refractivity contribution in [2.75, 3.05) is 40.5 Å². The molecule has 0 aromatic carbocycles. The third-order valence-electron chi connectivity index (χ3n) is 4.18. The van der Waals surface area contributed by atoms with Crippen molar-refractivity contribution in [2.45, 2.75) is 57.8 Å². The van der Waals surface area contributed by atoms with E-state index in [2.05, 4.69) is 0 Å². The maximum atomic E-state index is 14.8. The van der Waals surface area contributed by atoms with E-state index in [0.29, 0.717) is 13.2 Å². The molecule has 0 spiro atoms. The van der Waals surface area contributed by atoms with Gasteiger partial charge in [0.2, 0.25) is 0 Å². The van der Waals surface area contributed by atoms with Crippen LogP contribution in [0.2, 0.25) is 0 Å². The van der Waals surface area contributed by atoms with Crippen LogP contribution in [-0.4, -0.2) is 68.6 Å². The number of nitrogens with zero attached hydrogens (tertiary/aromatic N) is 2. The van der Waals surface area contributed by atoms with Crippen LogP contribution in [0.5, 0.6) is 0 Å². The Bertz CT molecular complexity index is 267. The van der Waals surface area contributed by atoms with Crippen molar-refractivity contribution in [2.24, 2.45) is 0 Å². The van der Waals surface area contributed by atoms with Gasteiger partial charge in [-0.3, -0.25) is 0 Å². The van der Waals surface area contributed by atoms with Gasteiger partial charge in [-0.25, -0.2) is 9.80 Å². The predicted octanol–water partition coefficient (Wildman–Crippen LogP) is 2.78. The second-order valence-corrected chi connectivity index (χ2v) is 5.59. The quantitative estimate of drug-likeness (QED) is 0.579. The topological polar surface area (TPSA) is 24.9 Å². The van der Waals surface area contributed by atoms with Crippen LogP contribution in [0, 0.1) is 0 Å². The molecular formula is C15H30F2N2O2. The predicted molar refractivity (Wildman–Crippen MR) is 79.5 cm³/mol. The molecule has 1 fully saturated rings. The van der Waals surface area contributed by atoms with Gasteiger partial charge in [-0.2, -0.15) is 8.78 Å². The van der Waals surface area contributed by atoms with E-state index in [4.69, 9.17) is 9.47 Å². The molecule has 0 bridgehead atoms. The molecule has 4 nitrogen and oxygen atoms in total. The smallest absolute Gasteiger partial charge is 0.370 e. The maximum Gasteiger partial charge on any atom is 0.370 e. The van der Waals surface area contributed by atoms with Crippen LogP contribution in [0.4, 0.5) is 8.78 Å². The highest BCUT2D eigenvalue weighted by molar-refractivity contribution is 4.98. The van der Waals surface area contributed by atoms with Crippen molar-refractivity contribution in [1.29, 1.82) is 0 Å². The molecule has 1 heterocycles. The van der Waals surface area contributed by atoms with Crippen LogP contribution < -0.4 is 0 Å². The molecule has 0 N–H and O–H groups in total. The van der Waals surface area contributed by atoms with Crippen molar-refractivity contribution in [3.63, 3.8) is 0 Å². The summed E-state index contributed by atoms with van der Waals surface area (Å²) in [6.45, 7) is 5.27. The molecule has 1 aliphatic rings.